The third-order valence-corrected chi connectivity index (χ3v) is 5.70. The highest BCUT2D eigenvalue weighted by atomic mass is 35.5. The Morgan fingerprint density at radius 1 is 1.22 bits per heavy atom. The van der Waals surface area contributed by atoms with Crippen molar-refractivity contribution < 1.29 is 29.0 Å². The minimum absolute atomic E-state index is 0.00769. The summed E-state index contributed by atoms with van der Waals surface area (Å²) in [5, 5.41) is 21.6. The van der Waals surface area contributed by atoms with Crippen LogP contribution in [-0.4, -0.2) is 40.5 Å². The van der Waals surface area contributed by atoms with Crippen molar-refractivity contribution >= 4 is 34.3 Å². The molecular weight excluding hydrogens is 434 g/mol. The predicted molar refractivity (Wildman–Crippen MR) is 119 cm³/mol. The van der Waals surface area contributed by atoms with Crippen LogP contribution in [0.3, 0.4) is 0 Å². The van der Waals surface area contributed by atoms with E-state index in [1.54, 1.807) is 24.3 Å². The maximum atomic E-state index is 13.5. The first-order valence-corrected chi connectivity index (χ1v) is 10.6. The van der Waals surface area contributed by atoms with E-state index in [4.69, 9.17) is 20.8 Å². The van der Waals surface area contributed by atoms with Gasteiger partial charge in [0.05, 0.1) is 18.7 Å². The maximum absolute atomic E-state index is 13.5. The van der Waals surface area contributed by atoms with E-state index in [-0.39, 0.29) is 17.1 Å². The van der Waals surface area contributed by atoms with Crippen LogP contribution in [0, 0.1) is 0 Å². The number of ketones is 1. The molecule has 1 unspecified atom stereocenters. The molecule has 4 rings (SSSR count). The van der Waals surface area contributed by atoms with E-state index in [2.05, 4.69) is 0 Å². The van der Waals surface area contributed by atoms with Gasteiger partial charge in [-0.05, 0) is 36.2 Å². The van der Waals surface area contributed by atoms with Crippen LogP contribution in [0.15, 0.2) is 58.2 Å². The Hall–Kier alpha value is -3.45. The summed E-state index contributed by atoms with van der Waals surface area (Å²) in [7, 11) is 1.46. The summed E-state index contributed by atoms with van der Waals surface area (Å²) in [5.41, 5.74) is 0.751. The van der Waals surface area contributed by atoms with Gasteiger partial charge in [0.15, 0.2) is 22.9 Å². The molecule has 2 N–H and O–H groups in total. The molecule has 0 radical (unpaired) electrons. The van der Waals surface area contributed by atoms with Crippen molar-refractivity contribution in [2.45, 2.75) is 25.8 Å². The molecule has 0 bridgehead atoms. The van der Waals surface area contributed by atoms with Crippen LogP contribution >= 0.6 is 11.6 Å². The average molecular weight is 456 g/mol. The van der Waals surface area contributed by atoms with Crippen LogP contribution in [0.4, 0.5) is 0 Å². The first kappa shape index (κ1) is 21.8. The van der Waals surface area contributed by atoms with Crippen molar-refractivity contribution in [3.05, 3.63) is 70.1 Å². The number of hydrogen-bond donors (Lipinski definition) is 2. The van der Waals surface area contributed by atoms with Gasteiger partial charge < -0.3 is 24.3 Å². The molecule has 0 saturated carbocycles. The van der Waals surface area contributed by atoms with Gasteiger partial charge in [0.1, 0.15) is 5.75 Å². The lowest BCUT2D eigenvalue weighted by atomic mass is 9.94. The molecule has 1 aliphatic rings. The smallest absolute Gasteiger partial charge is 0.290 e. The minimum Gasteiger partial charge on any atom is -0.508 e. The number of amides is 1. The predicted octanol–water partition coefficient (Wildman–Crippen LogP) is 5.18. The lowest BCUT2D eigenvalue weighted by Crippen LogP contribution is -2.32. The summed E-state index contributed by atoms with van der Waals surface area (Å²) in [4.78, 5) is 27.8. The summed E-state index contributed by atoms with van der Waals surface area (Å²) in [6.45, 7) is 2.33. The maximum Gasteiger partial charge on any atom is 0.290 e. The quantitative estimate of drug-likeness (QED) is 0.476. The van der Waals surface area contributed by atoms with Gasteiger partial charge in [-0.2, -0.15) is 0 Å². The van der Waals surface area contributed by atoms with Gasteiger partial charge in [-0.1, -0.05) is 37.1 Å². The molecule has 2 heterocycles. The summed E-state index contributed by atoms with van der Waals surface area (Å²) in [5.74, 6) is -1.58. The van der Waals surface area contributed by atoms with Gasteiger partial charge in [-0.25, -0.2) is 0 Å². The van der Waals surface area contributed by atoms with Gasteiger partial charge in [-0.3, -0.25) is 9.59 Å². The molecule has 0 saturated heterocycles. The minimum atomic E-state index is -0.854. The molecule has 0 aliphatic carbocycles. The zero-order valence-electron chi connectivity index (χ0n) is 17.6. The first-order chi connectivity index (χ1) is 15.3. The highest BCUT2D eigenvalue weighted by Crippen LogP contribution is 2.41. The molecule has 1 atom stereocenters. The Kier molecular flexibility index (Phi) is 5.84. The van der Waals surface area contributed by atoms with Gasteiger partial charge in [0.25, 0.3) is 5.91 Å². The fourth-order valence-corrected chi connectivity index (χ4v) is 4.18. The number of Topliss-reactive ketones (excluding diaryl/α,β-unsaturated/α-hetero) is 1. The number of rotatable bonds is 7. The number of aromatic hydroxyl groups is 1. The second kappa shape index (κ2) is 8.59. The van der Waals surface area contributed by atoms with Crippen LogP contribution in [0.1, 0.15) is 41.9 Å². The largest absolute Gasteiger partial charge is 0.508 e. The monoisotopic (exact) mass is 455 g/mol. The van der Waals surface area contributed by atoms with Crippen LogP contribution in [0.5, 0.6) is 11.5 Å². The number of benzene rings is 2. The molecule has 2 aromatic carbocycles. The topological polar surface area (TPSA) is 100 Å². The SMILES string of the molecule is CCCCN1C(=O)C(O)=C(C(=O)c2cc3cc(Cl)cc(OC)c3o2)C1c1cccc(O)c1. The lowest BCUT2D eigenvalue weighted by Gasteiger charge is -2.26. The molecule has 1 aliphatic heterocycles. The zero-order valence-corrected chi connectivity index (χ0v) is 18.3. The molecule has 32 heavy (non-hydrogen) atoms. The van der Waals surface area contributed by atoms with Crippen LogP contribution in [0.25, 0.3) is 11.0 Å². The number of carbonyl (C=O) groups excluding carboxylic acids is 2. The molecule has 166 valence electrons. The number of hydrogen-bond acceptors (Lipinski definition) is 6. The number of halogens is 1. The second-order valence-electron chi connectivity index (χ2n) is 7.58. The summed E-state index contributed by atoms with van der Waals surface area (Å²) >= 11 is 6.12. The van der Waals surface area contributed by atoms with E-state index in [1.165, 1.54) is 30.2 Å². The van der Waals surface area contributed by atoms with E-state index in [1.807, 2.05) is 6.92 Å². The number of furan rings is 1. The second-order valence-corrected chi connectivity index (χ2v) is 8.01. The highest BCUT2D eigenvalue weighted by Gasteiger charge is 2.44. The number of unbranched alkanes of at least 4 members (excludes halogenated alkanes) is 1. The van der Waals surface area contributed by atoms with Crippen molar-refractivity contribution in [1.29, 1.82) is 0 Å². The zero-order chi connectivity index (χ0) is 23.0. The third kappa shape index (κ3) is 3.69. The summed E-state index contributed by atoms with van der Waals surface area (Å²) in [6.07, 6.45) is 1.51. The molecule has 3 aromatic rings. The Labute approximate surface area is 189 Å². The number of fused-ring (bicyclic) bond motifs is 1. The Bertz CT molecular complexity index is 1240. The van der Waals surface area contributed by atoms with Crippen molar-refractivity contribution in [2.24, 2.45) is 0 Å². The lowest BCUT2D eigenvalue weighted by molar-refractivity contribution is -0.129. The molecule has 0 spiro atoms. The van der Waals surface area contributed by atoms with Crippen LogP contribution in [-0.2, 0) is 4.79 Å². The standard InChI is InChI=1S/C24H22ClNO6/c1-3-4-8-26-20(13-6-5-7-16(27)10-13)19(22(29)24(26)30)21(28)17-11-14-9-15(25)12-18(31-2)23(14)32-17/h5-7,9-12,20,27,29H,3-4,8H2,1-2H3. The fraction of sp³-hybridized carbons (Fsp3) is 0.250. The van der Waals surface area contributed by atoms with Crippen LogP contribution < -0.4 is 4.74 Å². The van der Waals surface area contributed by atoms with Crippen molar-refractivity contribution in [2.75, 3.05) is 13.7 Å². The molecule has 7 nitrogen and oxygen atoms in total. The van der Waals surface area contributed by atoms with E-state index in [0.717, 1.165) is 6.42 Å². The number of ether oxygens (including phenoxy) is 1. The normalized spacial score (nSPS) is 16.3. The molecule has 1 amide bonds. The van der Waals surface area contributed by atoms with Crippen molar-refractivity contribution in [1.82, 2.24) is 4.90 Å². The Balaban J connectivity index is 1.83. The van der Waals surface area contributed by atoms with E-state index >= 15 is 0 Å². The van der Waals surface area contributed by atoms with E-state index in [9.17, 15) is 19.8 Å². The van der Waals surface area contributed by atoms with Crippen molar-refractivity contribution in [3.63, 3.8) is 0 Å². The van der Waals surface area contributed by atoms with Gasteiger partial charge >= 0.3 is 0 Å². The molecule has 8 heteroatoms. The van der Waals surface area contributed by atoms with Gasteiger partial charge in [-0.15, -0.1) is 0 Å². The number of carbonyl (C=O) groups is 2. The van der Waals surface area contributed by atoms with E-state index in [0.29, 0.717) is 40.3 Å². The van der Waals surface area contributed by atoms with Gasteiger partial charge in [0, 0.05) is 23.0 Å². The first-order valence-electron chi connectivity index (χ1n) is 10.2. The number of aliphatic hydroxyl groups is 1. The van der Waals surface area contributed by atoms with Crippen molar-refractivity contribution in [3.8, 4) is 11.5 Å². The molecule has 0 fully saturated rings. The number of aliphatic hydroxyl groups excluding tert-OH is 1. The number of phenols is 1. The third-order valence-electron chi connectivity index (χ3n) is 5.48. The van der Waals surface area contributed by atoms with Gasteiger partial charge in [0.2, 0.25) is 5.78 Å². The average Bonchev–Trinajstić information content (AvgIpc) is 3.30. The van der Waals surface area contributed by atoms with Crippen LogP contribution in [0.2, 0.25) is 5.02 Å². The molecular formula is C24H22ClNO6. The number of nitrogens with zero attached hydrogens (tertiary/aromatic N) is 1. The summed E-state index contributed by atoms with van der Waals surface area (Å²) in [6, 6.07) is 10.1. The number of phenolic OH excluding ortho intramolecular Hbond substituents is 1. The fourth-order valence-electron chi connectivity index (χ4n) is 3.97. The summed E-state index contributed by atoms with van der Waals surface area (Å²) < 4.78 is 11.1. The Morgan fingerprint density at radius 3 is 2.69 bits per heavy atom. The highest BCUT2D eigenvalue weighted by molar-refractivity contribution is 6.31. The van der Waals surface area contributed by atoms with E-state index < -0.39 is 23.5 Å². The Morgan fingerprint density at radius 2 is 2.00 bits per heavy atom. The number of methoxy groups -OCH3 is 1. The molecule has 1 aromatic heterocycles.